The van der Waals surface area contributed by atoms with Crippen molar-refractivity contribution in [2.45, 2.75) is 6.54 Å². The second-order valence-electron chi connectivity index (χ2n) is 3.90. The normalized spacial score (nSPS) is 10.1. The fraction of sp³-hybridized carbons (Fsp3) is 0.143. The van der Waals surface area contributed by atoms with E-state index in [1.54, 1.807) is 19.2 Å². The van der Waals surface area contributed by atoms with Gasteiger partial charge in [0.25, 0.3) is 0 Å². The van der Waals surface area contributed by atoms with Crippen LogP contribution in [-0.2, 0) is 6.54 Å². The van der Waals surface area contributed by atoms with Crippen molar-refractivity contribution in [3.05, 3.63) is 53.8 Å². The van der Waals surface area contributed by atoms with Gasteiger partial charge in [-0.3, -0.25) is 0 Å². The molecular formula is C14H15FN2O. The lowest BCUT2D eigenvalue weighted by atomic mass is 10.2. The Bertz CT molecular complexity index is 543. The molecule has 0 aliphatic carbocycles. The highest BCUT2D eigenvalue weighted by Crippen LogP contribution is 2.22. The lowest BCUT2D eigenvalue weighted by molar-refractivity contribution is 0.414. The van der Waals surface area contributed by atoms with Crippen LogP contribution in [0.1, 0.15) is 5.56 Å². The van der Waals surface area contributed by atoms with E-state index < -0.39 is 0 Å². The predicted molar refractivity (Wildman–Crippen MR) is 71.1 cm³/mol. The fourth-order valence-corrected chi connectivity index (χ4v) is 1.65. The summed E-state index contributed by atoms with van der Waals surface area (Å²) < 4.78 is 18.6. The number of hydrogen-bond acceptors (Lipinski definition) is 3. The third-order valence-electron chi connectivity index (χ3n) is 2.70. The SMILES string of the molecule is COc1ccc(F)c(NCc2ccccc2N)c1. The molecular weight excluding hydrogens is 231 g/mol. The molecule has 0 amide bonds. The number of nitrogens with one attached hydrogen (secondary N) is 1. The van der Waals surface area contributed by atoms with Gasteiger partial charge in [-0.2, -0.15) is 0 Å². The van der Waals surface area contributed by atoms with Crippen molar-refractivity contribution in [3.8, 4) is 5.75 Å². The summed E-state index contributed by atoms with van der Waals surface area (Å²) in [6.45, 7) is 0.469. The summed E-state index contributed by atoms with van der Waals surface area (Å²) in [4.78, 5) is 0. The van der Waals surface area contributed by atoms with Gasteiger partial charge in [0.15, 0.2) is 0 Å². The molecule has 0 heterocycles. The van der Waals surface area contributed by atoms with E-state index in [4.69, 9.17) is 10.5 Å². The third kappa shape index (κ3) is 2.71. The first-order valence-corrected chi connectivity index (χ1v) is 5.61. The zero-order chi connectivity index (χ0) is 13.0. The lowest BCUT2D eigenvalue weighted by Gasteiger charge is -2.10. The number of para-hydroxylation sites is 1. The number of nitrogens with two attached hydrogens (primary N) is 1. The van der Waals surface area contributed by atoms with E-state index >= 15 is 0 Å². The molecule has 0 saturated carbocycles. The molecule has 0 fully saturated rings. The van der Waals surface area contributed by atoms with Gasteiger partial charge in [0, 0.05) is 18.3 Å². The second kappa shape index (κ2) is 5.40. The van der Waals surface area contributed by atoms with Gasteiger partial charge in [-0.25, -0.2) is 4.39 Å². The number of methoxy groups -OCH3 is 1. The van der Waals surface area contributed by atoms with E-state index in [0.717, 1.165) is 5.56 Å². The van der Waals surface area contributed by atoms with Gasteiger partial charge in [0.05, 0.1) is 12.8 Å². The highest BCUT2D eigenvalue weighted by molar-refractivity contribution is 5.53. The predicted octanol–water partition coefficient (Wildman–Crippen LogP) is 3.03. The molecule has 0 spiro atoms. The molecule has 0 aromatic heterocycles. The zero-order valence-electron chi connectivity index (χ0n) is 10.1. The minimum Gasteiger partial charge on any atom is -0.497 e. The summed E-state index contributed by atoms with van der Waals surface area (Å²) in [6.07, 6.45) is 0. The molecule has 0 atom stereocenters. The van der Waals surface area contributed by atoms with Gasteiger partial charge in [0.1, 0.15) is 11.6 Å². The lowest BCUT2D eigenvalue weighted by Crippen LogP contribution is -2.04. The summed E-state index contributed by atoms with van der Waals surface area (Å²) >= 11 is 0. The Morgan fingerprint density at radius 3 is 2.72 bits per heavy atom. The second-order valence-corrected chi connectivity index (χ2v) is 3.90. The van der Waals surface area contributed by atoms with Crippen LogP contribution >= 0.6 is 0 Å². The first kappa shape index (κ1) is 12.2. The number of nitrogen functional groups attached to an aromatic ring is 1. The van der Waals surface area contributed by atoms with Crippen molar-refractivity contribution < 1.29 is 9.13 Å². The van der Waals surface area contributed by atoms with Crippen LogP contribution in [0.3, 0.4) is 0 Å². The average molecular weight is 246 g/mol. The molecule has 18 heavy (non-hydrogen) atoms. The average Bonchev–Trinajstić information content (AvgIpc) is 2.39. The number of hydrogen-bond donors (Lipinski definition) is 2. The molecule has 3 nitrogen and oxygen atoms in total. The first-order chi connectivity index (χ1) is 8.70. The molecule has 4 heteroatoms. The minimum atomic E-state index is -0.315. The topological polar surface area (TPSA) is 47.3 Å². The zero-order valence-corrected chi connectivity index (χ0v) is 10.1. The van der Waals surface area contributed by atoms with Gasteiger partial charge in [0.2, 0.25) is 0 Å². The molecule has 2 rings (SSSR count). The molecule has 3 N–H and O–H groups in total. The fourth-order valence-electron chi connectivity index (χ4n) is 1.65. The van der Waals surface area contributed by atoms with Crippen LogP contribution in [0.5, 0.6) is 5.75 Å². The molecule has 0 radical (unpaired) electrons. The minimum absolute atomic E-state index is 0.315. The van der Waals surface area contributed by atoms with Gasteiger partial charge in [-0.05, 0) is 23.8 Å². The van der Waals surface area contributed by atoms with E-state index in [1.165, 1.54) is 6.07 Å². The summed E-state index contributed by atoms with van der Waals surface area (Å²) in [7, 11) is 1.55. The van der Waals surface area contributed by atoms with Gasteiger partial charge >= 0.3 is 0 Å². The monoisotopic (exact) mass is 246 g/mol. The van der Waals surface area contributed by atoms with Crippen LogP contribution in [0.2, 0.25) is 0 Å². The number of rotatable bonds is 4. The van der Waals surface area contributed by atoms with Crippen molar-refractivity contribution in [2.24, 2.45) is 0 Å². The van der Waals surface area contributed by atoms with Crippen LogP contribution in [0.4, 0.5) is 15.8 Å². The highest BCUT2D eigenvalue weighted by Gasteiger charge is 2.04. The summed E-state index contributed by atoms with van der Waals surface area (Å²) in [5.74, 6) is 0.297. The van der Waals surface area contributed by atoms with Crippen molar-refractivity contribution in [1.82, 2.24) is 0 Å². The van der Waals surface area contributed by atoms with Crippen LogP contribution < -0.4 is 15.8 Å². The van der Waals surface area contributed by atoms with E-state index in [0.29, 0.717) is 23.7 Å². The smallest absolute Gasteiger partial charge is 0.146 e. The van der Waals surface area contributed by atoms with Crippen LogP contribution in [0.25, 0.3) is 0 Å². The summed E-state index contributed by atoms with van der Waals surface area (Å²) in [6, 6.07) is 12.1. The Kier molecular flexibility index (Phi) is 3.67. The molecule has 0 unspecified atom stereocenters. The Labute approximate surface area is 105 Å². The third-order valence-corrected chi connectivity index (χ3v) is 2.70. The van der Waals surface area contributed by atoms with E-state index in [1.807, 2.05) is 24.3 Å². The summed E-state index contributed by atoms with van der Waals surface area (Å²) in [5, 5.41) is 3.01. The number of halogens is 1. The Morgan fingerprint density at radius 2 is 2.00 bits per heavy atom. The first-order valence-electron chi connectivity index (χ1n) is 5.61. The quantitative estimate of drug-likeness (QED) is 0.815. The van der Waals surface area contributed by atoms with Crippen LogP contribution in [-0.4, -0.2) is 7.11 Å². The van der Waals surface area contributed by atoms with Crippen LogP contribution in [0, 0.1) is 5.82 Å². The Balaban J connectivity index is 2.13. The van der Waals surface area contributed by atoms with Crippen LogP contribution in [0.15, 0.2) is 42.5 Å². The van der Waals surface area contributed by atoms with Crippen molar-refractivity contribution in [3.63, 3.8) is 0 Å². The van der Waals surface area contributed by atoms with Gasteiger partial charge in [-0.15, -0.1) is 0 Å². The Morgan fingerprint density at radius 1 is 1.22 bits per heavy atom. The molecule has 0 aliphatic rings. The summed E-state index contributed by atoms with van der Waals surface area (Å²) in [5.41, 5.74) is 7.84. The Hall–Kier alpha value is -2.23. The number of anilines is 2. The maximum absolute atomic E-state index is 13.6. The van der Waals surface area contributed by atoms with Crippen molar-refractivity contribution in [1.29, 1.82) is 0 Å². The highest BCUT2D eigenvalue weighted by atomic mass is 19.1. The molecule has 94 valence electrons. The van der Waals surface area contributed by atoms with E-state index in [2.05, 4.69) is 5.32 Å². The molecule has 2 aromatic carbocycles. The number of ether oxygens (including phenoxy) is 1. The molecule has 0 bridgehead atoms. The maximum Gasteiger partial charge on any atom is 0.146 e. The molecule has 0 aliphatic heterocycles. The number of benzene rings is 2. The molecule has 2 aromatic rings. The molecule has 0 saturated heterocycles. The largest absolute Gasteiger partial charge is 0.497 e. The van der Waals surface area contributed by atoms with Crippen molar-refractivity contribution in [2.75, 3.05) is 18.2 Å². The van der Waals surface area contributed by atoms with Crippen molar-refractivity contribution >= 4 is 11.4 Å². The van der Waals surface area contributed by atoms with Gasteiger partial charge < -0.3 is 15.8 Å². The standard InChI is InChI=1S/C14H15FN2O/c1-18-11-6-7-12(15)14(8-11)17-9-10-4-2-3-5-13(10)16/h2-8,17H,9,16H2,1H3. The van der Waals surface area contributed by atoms with Gasteiger partial charge in [-0.1, -0.05) is 18.2 Å². The van der Waals surface area contributed by atoms with E-state index in [9.17, 15) is 4.39 Å². The van der Waals surface area contributed by atoms with E-state index in [-0.39, 0.29) is 5.82 Å². The maximum atomic E-state index is 13.6.